The van der Waals surface area contributed by atoms with Gasteiger partial charge in [0, 0.05) is 64.1 Å². The third-order valence-corrected chi connectivity index (χ3v) is 6.03. The van der Waals surface area contributed by atoms with Crippen LogP contribution < -0.4 is 15.6 Å². The second-order valence-corrected chi connectivity index (χ2v) is 8.09. The van der Waals surface area contributed by atoms with Crippen LogP contribution in [0.15, 0.2) is 48.8 Å². The smallest absolute Gasteiger partial charge is 0.118 e. The van der Waals surface area contributed by atoms with Gasteiger partial charge in [0.15, 0.2) is 0 Å². The van der Waals surface area contributed by atoms with Crippen LogP contribution in [0.2, 0.25) is 0 Å². The van der Waals surface area contributed by atoms with Gasteiger partial charge in [-0.2, -0.15) is 0 Å². The number of methoxy groups -OCH3 is 1. The number of morpholine rings is 1. The topological polar surface area (TPSA) is 61.9 Å². The second-order valence-electron chi connectivity index (χ2n) is 8.09. The van der Waals surface area contributed by atoms with Crippen molar-refractivity contribution >= 4 is 0 Å². The zero-order chi connectivity index (χ0) is 20.6. The molecule has 2 saturated heterocycles. The van der Waals surface area contributed by atoms with E-state index in [1.165, 1.54) is 11.1 Å². The molecule has 0 bridgehead atoms. The fourth-order valence-corrected chi connectivity index (χ4v) is 4.30. The number of nitrogens with one attached hydrogen (secondary N) is 2. The number of aromatic nitrogens is 1. The Balaban J connectivity index is 1.41. The summed E-state index contributed by atoms with van der Waals surface area (Å²) < 4.78 is 10.8. The van der Waals surface area contributed by atoms with Gasteiger partial charge < -0.3 is 9.47 Å². The van der Waals surface area contributed by atoms with Crippen molar-refractivity contribution in [1.29, 1.82) is 0 Å². The Hall–Kier alpha value is -2.03. The summed E-state index contributed by atoms with van der Waals surface area (Å²) in [6.07, 6.45) is 3.82. The van der Waals surface area contributed by atoms with E-state index in [4.69, 9.17) is 9.47 Å². The molecule has 2 atom stereocenters. The minimum absolute atomic E-state index is 0.288. The first kappa shape index (κ1) is 21.2. The lowest BCUT2D eigenvalue weighted by atomic mass is 9.94. The van der Waals surface area contributed by atoms with E-state index < -0.39 is 0 Å². The van der Waals surface area contributed by atoms with E-state index >= 15 is 0 Å². The number of rotatable bonds is 9. The quantitative estimate of drug-likeness (QED) is 0.651. The number of hydrogen-bond acceptors (Lipinski definition) is 7. The van der Waals surface area contributed by atoms with E-state index in [-0.39, 0.29) is 6.04 Å². The van der Waals surface area contributed by atoms with Crippen LogP contribution in [0, 0.1) is 5.92 Å². The van der Waals surface area contributed by atoms with Gasteiger partial charge in [-0.15, -0.1) is 0 Å². The maximum atomic E-state index is 5.50. The van der Waals surface area contributed by atoms with Crippen LogP contribution in [-0.4, -0.2) is 74.4 Å². The molecule has 2 unspecified atom stereocenters. The van der Waals surface area contributed by atoms with Crippen LogP contribution in [0.25, 0.3) is 0 Å². The predicted molar refractivity (Wildman–Crippen MR) is 117 cm³/mol. The fraction of sp³-hybridized carbons (Fsp3) is 0.522. The number of ether oxygens (including phenoxy) is 2. The SMILES string of the molecule is COc1ccc(C2NNCC2CN(CCN2CCOCC2)Cc2cccnc2)cc1. The van der Waals surface area contributed by atoms with Crippen LogP contribution in [-0.2, 0) is 11.3 Å². The first-order chi connectivity index (χ1) is 14.8. The first-order valence-electron chi connectivity index (χ1n) is 10.9. The molecular weight excluding hydrogens is 378 g/mol. The molecule has 0 spiro atoms. The van der Waals surface area contributed by atoms with E-state index in [0.717, 1.165) is 64.8 Å². The average Bonchev–Trinajstić information content (AvgIpc) is 3.27. The molecule has 1 aromatic heterocycles. The van der Waals surface area contributed by atoms with Crippen molar-refractivity contribution in [2.24, 2.45) is 5.92 Å². The van der Waals surface area contributed by atoms with Crippen molar-refractivity contribution in [3.05, 3.63) is 59.9 Å². The normalized spacial score (nSPS) is 22.5. The second kappa shape index (κ2) is 10.8. The van der Waals surface area contributed by atoms with Crippen molar-refractivity contribution < 1.29 is 9.47 Å². The van der Waals surface area contributed by atoms with Crippen molar-refractivity contribution in [2.45, 2.75) is 12.6 Å². The molecule has 2 fully saturated rings. The molecule has 4 rings (SSSR count). The largest absolute Gasteiger partial charge is 0.497 e. The number of hydrazine groups is 1. The molecule has 2 aliphatic rings. The van der Waals surface area contributed by atoms with E-state index in [0.29, 0.717) is 5.92 Å². The molecule has 1 aromatic carbocycles. The minimum atomic E-state index is 0.288. The van der Waals surface area contributed by atoms with Gasteiger partial charge in [-0.05, 0) is 29.3 Å². The third-order valence-electron chi connectivity index (χ3n) is 6.03. The highest BCUT2D eigenvalue weighted by molar-refractivity contribution is 5.30. The minimum Gasteiger partial charge on any atom is -0.497 e. The van der Waals surface area contributed by atoms with Crippen LogP contribution in [0.4, 0.5) is 0 Å². The molecule has 2 aromatic rings. The Morgan fingerprint density at radius 3 is 2.77 bits per heavy atom. The molecule has 0 aliphatic carbocycles. The van der Waals surface area contributed by atoms with Crippen molar-refractivity contribution in [2.75, 3.05) is 59.6 Å². The Bertz CT molecular complexity index is 752. The van der Waals surface area contributed by atoms with Crippen LogP contribution in [0.5, 0.6) is 5.75 Å². The molecule has 30 heavy (non-hydrogen) atoms. The lowest BCUT2D eigenvalue weighted by Gasteiger charge is -2.32. The number of pyridine rings is 1. The van der Waals surface area contributed by atoms with Gasteiger partial charge in [0.25, 0.3) is 0 Å². The maximum absolute atomic E-state index is 5.50. The Kier molecular flexibility index (Phi) is 7.66. The van der Waals surface area contributed by atoms with Crippen molar-refractivity contribution in [1.82, 2.24) is 25.6 Å². The Labute approximate surface area is 179 Å². The van der Waals surface area contributed by atoms with Gasteiger partial charge in [-0.1, -0.05) is 18.2 Å². The number of benzene rings is 1. The van der Waals surface area contributed by atoms with Crippen molar-refractivity contribution in [3.8, 4) is 5.75 Å². The number of hydrogen-bond donors (Lipinski definition) is 2. The van der Waals surface area contributed by atoms with Gasteiger partial charge in [0.1, 0.15) is 5.75 Å². The summed E-state index contributed by atoms with van der Waals surface area (Å²) in [6.45, 7) is 8.77. The highest BCUT2D eigenvalue weighted by atomic mass is 16.5. The average molecular weight is 412 g/mol. The summed E-state index contributed by atoms with van der Waals surface area (Å²) in [4.78, 5) is 9.39. The first-order valence-corrected chi connectivity index (χ1v) is 10.9. The molecule has 162 valence electrons. The highest BCUT2D eigenvalue weighted by Gasteiger charge is 2.30. The van der Waals surface area contributed by atoms with Gasteiger partial charge >= 0.3 is 0 Å². The van der Waals surface area contributed by atoms with E-state index in [2.05, 4.69) is 43.8 Å². The van der Waals surface area contributed by atoms with Gasteiger partial charge in [-0.3, -0.25) is 20.2 Å². The molecule has 3 heterocycles. The maximum Gasteiger partial charge on any atom is 0.118 e. The fourth-order valence-electron chi connectivity index (χ4n) is 4.30. The molecule has 0 saturated carbocycles. The van der Waals surface area contributed by atoms with Crippen LogP contribution in [0.1, 0.15) is 17.2 Å². The van der Waals surface area contributed by atoms with E-state index in [1.807, 2.05) is 30.6 Å². The Morgan fingerprint density at radius 2 is 2.03 bits per heavy atom. The van der Waals surface area contributed by atoms with E-state index in [1.54, 1.807) is 7.11 Å². The van der Waals surface area contributed by atoms with Crippen LogP contribution >= 0.6 is 0 Å². The molecular formula is C23H33N5O2. The molecule has 2 N–H and O–H groups in total. The molecule has 7 nitrogen and oxygen atoms in total. The summed E-state index contributed by atoms with van der Waals surface area (Å²) in [5.74, 6) is 1.38. The molecule has 2 aliphatic heterocycles. The van der Waals surface area contributed by atoms with Crippen molar-refractivity contribution in [3.63, 3.8) is 0 Å². The van der Waals surface area contributed by atoms with Gasteiger partial charge in [-0.25, -0.2) is 5.43 Å². The molecule has 7 heteroatoms. The summed E-state index contributed by atoms with van der Waals surface area (Å²) in [7, 11) is 1.71. The standard InChI is InChI=1S/C23H33N5O2/c1-29-22-6-4-20(5-7-22)23-21(16-25-26-23)18-28(17-19-3-2-8-24-15-19)10-9-27-11-13-30-14-12-27/h2-8,15,21,23,25-26H,9-14,16-18H2,1H3. The zero-order valence-corrected chi connectivity index (χ0v) is 17.8. The summed E-state index contributed by atoms with van der Waals surface area (Å²) >= 11 is 0. The monoisotopic (exact) mass is 411 g/mol. The van der Waals surface area contributed by atoms with Gasteiger partial charge in [0.2, 0.25) is 0 Å². The summed E-state index contributed by atoms with van der Waals surface area (Å²) in [5, 5.41) is 0. The lowest BCUT2D eigenvalue weighted by Crippen LogP contribution is -2.42. The lowest BCUT2D eigenvalue weighted by molar-refractivity contribution is 0.0320. The molecule has 0 amide bonds. The highest BCUT2D eigenvalue weighted by Crippen LogP contribution is 2.27. The zero-order valence-electron chi connectivity index (χ0n) is 17.8. The molecule has 0 radical (unpaired) electrons. The van der Waals surface area contributed by atoms with Crippen LogP contribution in [0.3, 0.4) is 0 Å². The van der Waals surface area contributed by atoms with Gasteiger partial charge in [0.05, 0.1) is 26.4 Å². The Morgan fingerprint density at radius 1 is 1.20 bits per heavy atom. The summed E-state index contributed by atoms with van der Waals surface area (Å²) in [6, 6.07) is 12.9. The van der Waals surface area contributed by atoms with E-state index in [9.17, 15) is 0 Å². The summed E-state index contributed by atoms with van der Waals surface area (Å²) in [5.41, 5.74) is 9.41. The number of nitrogens with zero attached hydrogens (tertiary/aromatic N) is 3. The third kappa shape index (κ3) is 5.77. The predicted octanol–water partition coefficient (Wildman–Crippen LogP) is 1.69.